The second kappa shape index (κ2) is 6.37. The molecule has 4 heteroatoms. The normalized spacial score (nSPS) is 10.9. The van der Waals surface area contributed by atoms with Crippen LogP contribution in [0.15, 0.2) is 30.3 Å². The van der Waals surface area contributed by atoms with Crippen molar-refractivity contribution in [3.8, 4) is 0 Å². The number of aromatic nitrogens is 1. The SMILES string of the molecule is CC(C)CCCNC(=O)c1cc(N)c2ccccc2n1. The number of carbonyl (C=O) groups excluding carboxylic acids is 1. The lowest BCUT2D eigenvalue weighted by Crippen LogP contribution is -2.25. The highest BCUT2D eigenvalue weighted by Gasteiger charge is 2.10. The van der Waals surface area contributed by atoms with Gasteiger partial charge in [-0.05, 0) is 30.9 Å². The summed E-state index contributed by atoms with van der Waals surface area (Å²) in [6, 6.07) is 9.20. The molecule has 0 radical (unpaired) electrons. The van der Waals surface area contributed by atoms with Gasteiger partial charge in [-0.3, -0.25) is 4.79 Å². The molecule has 0 atom stereocenters. The van der Waals surface area contributed by atoms with Crippen LogP contribution in [0.4, 0.5) is 5.69 Å². The number of carbonyl (C=O) groups is 1. The molecule has 1 amide bonds. The molecule has 2 aromatic rings. The van der Waals surface area contributed by atoms with Gasteiger partial charge in [0, 0.05) is 17.6 Å². The van der Waals surface area contributed by atoms with Crippen LogP contribution < -0.4 is 11.1 Å². The Morgan fingerprint density at radius 2 is 2.10 bits per heavy atom. The van der Waals surface area contributed by atoms with Crippen LogP contribution in [-0.2, 0) is 0 Å². The van der Waals surface area contributed by atoms with Gasteiger partial charge in [0.2, 0.25) is 0 Å². The standard InChI is InChI=1S/C16H21N3O/c1-11(2)6-5-9-18-16(20)15-10-13(17)12-7-3-4-8-14(12)19-15/h3-4,7-8,10-11H,5-6,9H2,1-2H3,(H2,17,19)(H,18,20). The fraction of sp³-hybridized carbons (Fsp3) is 0.375. The van der Waals surface area contributed by atoms with Gasteiger partial charge in [0.1, 0.15) is 5.69 Å². The quantitative estimate of drug-likeness (QED) is 0.821. The Morgan fingerprint density at radius 1 is 1.35 bits per heavy atom. The molecule has 0 saturated heterocycles. The van der Waals surface area contributed by atoms with Crippen LogP contribution in [0.1, 0.15) is 37.2 Å². The third kappa shape index (κ3) is 3.47. The molecular weight excluding hydrogens is 250 g/mol. The number of hydrogen-bond donors (Lipinski definition) is 2. The van der Waals surface area contributed by atoms with E-state index < -0.39 is 0 Å². The topological polar surface area (TPSA) is 68.0 Å². The number of nitrogens with zero attached hydrogens (tertiary/aromatic N) is 1. The Bertz CT molecular complexity index is 608. The van der Waals surface area contributed by atoms with E-state index in [4.69, 9.17) is 5.73 Å². The highest BCUT2D eigenvalue weighted by Crippen LogP contribution is 2.19. The predicted molar refractivity (Wildman–Crippen MR) is 82.6 cm³/mol. The van der Waals surface area contributed by atoms with Gasteiger partial charge >= 0.3 is 0 Å². The minimum absolute atomic E-state index is 0.161. The molecule has 0 aliphatic heterocycles. The van der Waals surface area contributed by atoms with E-state index in [1.54, 1.807) is 6.07 Å². The Kier molecular flexibility index (Phi) is 4.56. The molecule has 2 rings (SSSR count). The molecule has 0 bridgehead atoms. The summed E-state index contributed by atoms with van der Waals surface area (Å²) in [5, 5.41) is 3.77. The van der Waals surface area contributed by atoms with Crippen molar-refractivity contribution < 1.29 is 4.79 Å². The van der Waals surface area contributed by atoms with Crippen LogP contribution in [0.25, 0.3) is 10.9 Å². The lowest BCUT2D eigenvalue weighted by atomic mass is 10.1. The first-order chi connectivity index (χ1) is 9.58. The van der Waals surface area contributed by atoms with E-state index in [2.05, 4.69) is 24.1 Å². The Hall–Kier alpha value is -2.10. The highest BCUT2D eigenvalue weighted by molar-refractivity contribution is 5.99. The molecule has 1 aromatic heterocycles. The van der Waals surface area contributed by atoms with Gasteiger partial charge in [0.05, 0.1) is 5.52 Å². The zero-order chi connectivity index (χ0) is 14.5. The molecule has 0 unspecified atom stereocenters. The molecule has 0 aliphatic carbocycles. The summed E-state index contributed by atoms with van der Waals surface area (Å²) in [6.07, 6.45) is 2.08. The predicted octanol–water partition coefficient (Wildman–Crippen LogP) is 2.98. The Balaban J connectivity index is 2.07. The minimum Gasteiger partial charge on any atom is -0.398 e. The zero-order valence-corrected chi connectivity index (χ0v) is 12.0. The Morgan fingerprint density at radius 3 is 2.85 bits per heavy atom. The number of para-hydroxylation sites is 1. The lowest BCUT2D eigenvalue weighted by molar-refractivity contribution is 0.0948. The summed E-state index contributed by atoms with van der Waals surface area (Å²) in [6.45, 7) is 5.02. The van der Waals surface area contributed by atoms with Crippen LogP contribution >= 0.6 is 0 Å². The number of nitrogens with one attached hydrogen (secondary N) is 1. The summed E-state index contributed by atoms with van der Waals surface area (Å²) < 4.78 is 0. The van der Waals surface area contributed by atoms with Gasteiger partial charge in [-0.25, -0.2) is 4.98 Å². The van der Waals surface area contributed by atoms with Crippen molar-refractivity contribution in [2.24, 2.45) is 5.92 Å². The number of rotatable bonds is 5. The van der Waals surface area contributed by atoms with Gasteiger partial charge in [0.25, 0.3) is 5.91 Å². The smallest absolute Gasteiger partial charge is 0.269 e. The number of anilines is 1. The van der Waals surface area contributed by atoms with Crippen LogP contribution in [0.3, 0.4) is 0 Å². The average molecular weight is 271 g/mol. The van der Waals surface area contributed by atoms with E-state index in [0.29, 0.717) is 23.8 Å². The fourth-order valence-electron chi connectivity index (χ4n) is 2.12. The molecule has 4 nitrogen and oxygen atoms in total. The van der Waals surface area contributed by atoms with Crippen molar-refractivity contribution in [1.29, 1.82) is 0 Å². The van der Waals surface area contributed by atoms with Gasteiger partial charge in [-0.2, -0.15) is 0 Å². The second-order valence-corrected chi connectivity index (χ2v) is 5.41. The number of amides is 1. The minimum atomic E-state index is -0.161. The molecule has 1 heterocycles. The summed E-state index contributed by atoms with van der Waals surface area (Å²) in [4.78, 5) is 16.4. The fourth-order valence-corrected chi connectivity index (χ4v) is 2.12. The molecular formula is C16H21N3O. The first-order valence-electron chi connectivity index (χ1n) is 7.01. The monoisotopic (exact) mass is 271 g/mol. The summed E-state index contributed by atoms with van der Waals surface area (Å²) in [7, 11) is 0. The molecule has 106 valence electrons. The maximum atomic E-state index is 12.1. The van der Waals surface area contributed by atoms with Crippen molar-refractivity contribution in [2.75, 3.05) is 12.3 Å². The first-order valence-corrected chi connectivity index (χ1v) is 7.01. The van der Waals surface area contributed by atoms with Crippen molar-refractivity contribution >= 4 is 22.5 Å². The molecule has 3 N–H and O–H groups in total. The molecule has 1 aromatic carbocycles. The van der Waals surface area contributed by atoms with E-state index in [9.17, 15) is 4.79 Å². The molecule has 0 fully saturated rings. The molecule has 0 aliphatic rings. The number of hydrogen-bond acceptors (Lipinski definition) is 3. The highest BCUT2D eigenvalue weighted by atomic mass is 16.1. The first kappa shape index (κ1) is 14.3. The third-order valence-electron chi connectivity index (χ3n) is 3.22. The Labute approximate surface area is 119 Å². The van der Waals surface area contributed by atoms with Crippen molar-refractivity contribution in [3.05, 3.63) is 36.0 Å². The van der Waals surface area contributed by atoms with Crippen LogP contribution in [0, 0.1) is 5.92 Å². The number of benzene rings is 1. The molecule has 0 spiro atoms. The average Bonchev–Trinajstić information content (AvgIpc) is 2.43. The second-order valence-electron chi connectivity index (χ2n) is 5.41. The number of pyridine rings is 1. The van der Waals surface area contributed by atoms with Crippen LogP contribution in [0.2, 0.25) is 0 Å². The van der Waals surface area contributed by atoms with Crippen LogP contribution in [-0.4, -0.2) is 17.4 Å². The van der Waals surface area contributed by atoms with E-state index >= 15 is 0 Å². The van der Waals surface area contributed by atoms with E-state index in [1.165, 1.54) is 0 Å². The van der Waals surface area contributed by atoms with Crippen molar-refractivity contribution in [1.82, 2.24) is 10.3 Å². The van der Waals surface area contributed by atoms with Crippen molar-refractivity contribution in [2.45, 2.75) is 26.7 Å². The maximum absolute atomic E-state index is 12.1. The van der Waals surface area contributed by atoms with E-state index in [-0.39, 0.29) is 5.91 Å². The maximum Gasteiger partial charge on any atom is 0.269 e. The third-order valence-corrected chi connectivity index (χ3v) is 3.22. The lowest BCUT2D eigenvalue weighted by Gasteiger charge is -2.08. The summed E-state index contributed by atoms with van der Waals surface area (Å²) in [5.41, 5.74) is 7.69. The van der Waals surface area contributed by atoms with Crippen molar-refractivity contribution in [3.63, 3.8) is 0 Å². The number of nitrogen functional groups attached to an aromatic ring is 1. The summed E-state index contributed by atoms with van der Waals surface area (Å²) in [5.74, 6) is 0.493. The van der Waals surface area contributed by atoms with Crippen LogP contribution in [0.5, 0.6) is 0 Å². The van der Waals surface area contributed by atoms with Gasteiger partial charge in [0.15, 0.2) is 0 Å². The van der Waals surface area contributed by atoms with E-state index in [1.807, 2.05) is 24.3 Å². The number of fused-ring (bicyclic) bond motifs is 1. The number of nitrogens with two attached hydrogens (primary N) is 1. The summed E-state index contributed by atoms with van der Waals surface area (Å²) >= 11 is 0. The van der Waals surface area contributed by atoms with Gasteiger partial charge in [-0.15, -0.1) is 0 Å². The van der Waals surface area contributed by atoms with Gasteiger partial charge < -0.3 is 11.1 Å². The van der Waals surface area contributed by atoms with Gasteiger partial charge in [-0.1, -0.05) is 32.0 Å². The zero-order valence-electron chi connectivity index (χ0n) is 12.0. The van der Waals surface area contributed by atoms with E-state index in [0.717, 1.165) is 23.7 Å². The molecule has 20 heavy (non-hydrogen) atoms. The largest absolute Gasteiger partial charge is 0.398 e. The molecule has 0 saturated carbocycles.